The van der Waals surface area contributed by atoms with Gasteiger partial charge in [0.25, 0.3) is 0 Å². The molecule has 0 unspecified atom stereocenters. The fourth-order valence-corrected chi connectivity index (χ4v) is 4.55. The predicted octanol–water partition coefficient (Wildman–Crippen LogP) is 3.09. The molecule has 29 heavy (non-hydrogen) atoms. The van der Waals surface area contributed by atoms with Crippen LogP contribution in [0.2, 0.25) is 0 Å². The number of rotatable bonds is 6. The fourth-order valence-electron chi connectivity index (χ4n) is 3.70. The van der Waals surface area contributed by atoms with Gasteiger partial charge in [-0.15, -0.1) is 11.3 Å². The lowest BCUT2D eigenvalue weighted by Gasteiger charge is -2.30. The van der Waals surface area contributed by atoms with Crippen LogP contribution in [0.4, 0.5) is 15.6 Å². The molecule has 3 amide bonds. The largest absolute Gasteiger partial charge is 0.336 e. The van der Waals surface area contributed by atoms with E-state index in [2.05, 4.69) is 39.6 Å². The summed E-state index contributed by atoms with van der Waals surface area (Å²) in [4.78, 5) is 32.6. The third kappa shape index (κ3) is 5.13. The van der Waals surface area contributed by atoms with E-state index < -0.39 is 0 Å². The molecular formula is C21H27N5O2S. The molecule has 1 aromatic heterocycles. The summed E-state index contributed by atoms with van der Waals surface area (Å²) >= 11 is 1.39. The minimum Gasteiger partial charge on any atom is -0.336 e. The first-order chi connectivity index (χ1) is 14.1. The lowest BCUT2D eigenvalue weighted by atomic mass is 9.99. The van der Waals surface area contributed by atoms with Crippen LogP contribution in [0.3, 0.4) is 0 Å². The fraction of sp³-hybridized carbons (Fsp3) is 0.476. The maximum absolute atomic E-state index is 12.4. The molecular weight excluding hydrogens is 386 g/mol. The Bertz CT molecular complexity index is 858. The third-order valence-electron chi connectivity index (χ3n) is 5.49. The van der Waals surface area contributed by atoms with Crippen LogP contribution in [0, 0.1) is 5.92 Å². The molecule has 2 aromatic rings. The zero-order chi connectivity index (χ0) is 20.2. The van der Waals surface area contributed by atoms with Crippen molar-refractivity contribution in [3.63, 3.8) is 0 Å². The Morgan fingerprint density at radius 3 is 2.69 bits per heavy atom. The van der Waals surface area contributed by atoms with Crippen LogP contribution in [-0.2, 0) is 17.8 Å². The van der Waals surface area contributed by atoms with Crippen molar-refractivity contribution in [2.24, 2.45) is 5.92 Å². The first-order valence-corrected chi connectivity index (χ1v) is 11.1. The summed E-state index contributed by atoms with van der Waals surface area (Å²) < 4.78 is 0. The Balaban J connectivity index is 1.27. The molecule has 154 valence electrons. The Morgan fingerprint density at radius 1 is 1.24 bits per heavy atom. The SMILES string of the molecule is CC1CCN(Cc2ccc(NC(=O)Cc3csc(N4CCNC4=O)n3)cc2)CC1. The molecule has 4 rings (SSSR count). The van der Waals surface area contributed by atoms with Gasteiger partial charge in [0.15, 0.2) is 5.13 Å². The smallest absolute Gasteiger partial charge is 0.323 e. The van der Waals surface area contributed by atoms with Crippen molar-refractivity contribution in [3.05, 3.63) is 40.9 Å². The van der Waals surface area contributed by atoms with Gasteiger partial charge in [0.05, 0.1) is 12.1 Å². The van der Waals surface area contributed by atoms with Crippen molar-refractivity contribution in [2.75, 3.05) is 36.4 Å². The van der Waals surface area contributed by atoms with Gasteiger partial charge in [0.1, 0.15) is 0 Å². The highest BCUT2D eigenvalue weighted by Crippen LogP contribution is 2.23. The average molecular weight is 414 g/mol. The number of piperidine rings is 1. The van der Waals surface area contributed by atoms with Crippen molar-refractivity contribution >= 4 is 34.1 Å². The molecule has 2 aliphatic heterocycles. The highest BCUT2D eigenvalue weighted by atomic mass is 32.1. The number of nitrogens with one attached hydrogen (secondary N) is 2. The molecule has 7 nitrogen and oxygen atoms in total. The highest BCUT2D eigenvalue weighted by Gasteiger charge is 2.24. The number of nitrogens with zero attached hydrogens (tertiary/aromatic N) is 3. The minimum atomic E-state index is -0.130. The van der Waals surface area contributed by atoms with Gasteiger partial charge in [0, 0.05) is 30.7 Å². The third-order valence-corrected chi connectivity index (χ3v) is 6.40. The van der Waals surface area contributed by atoms with Gasteiger partial charge in [-0.2, -0.15) is 0 Å². The Hall–Kier alpha value is -2.45. The monoisotopic (exact) mass is 413 g/mol. The predicted molar refractivity (Wildman–Crippen MR) is 115 cm³/mol. The number of carbonyl (C=O) groups excluding carboxylic acids is 2. The molecule has 2 saturated heterocycles. The number of hydrogen-bond donors (Lipinski definition) is 2. The molecule has 2 fully saturated rings. The molecule has 1 aromatic carbocycles. The summed E-state index contributed by atoms with van der Waals surface area (Å²) in [6.45, 7) is 6.85. The van der Waals surface area contributed by atoms with E-state index in [0.29, 0.717) is 23.9 Å². The van der Waals surface area contributed by atoms with E-state index in [0.717, 1.165) is 31.2 Å². The number of likely N-dealkylation sites (tertiary alicyclic amines) is 1. The Kier molecular flexibility index (Phi) is 6.10. The molecule has 0 saturated carbocycles. The first-order valence-electron chi connectivity index (χ1n) is 10.2. The van der Waals surface area contributed by atoms with Gasteiger partial charge >= 0.3 is 6.03 Å². The maximum atomic E-state index is 12.4. The van der Waals surface area contributed by atoms with Crippen LogP contribution in [0.15, 0.2) is 29.6 Å². The summed E-state index contributed by atoms with van der Waals surface area (Å²) in [5, 5.41) is 8.16. The second-order valence-corrected chi connectivity index (χ2v) is 8.72. The minimum absolute atomic E-state index is 0.106. The maximum Gasteiger partial charge on any atom is 0.323 e. The number of carbonyl (C=O) groups is 2. The van der Waals surface area contributed by atoms with Crippen molar-refractivity contribution in [3.8, 4) is 0 Å². The second kappa shape index (κ2) is 8.92. The highest BCUT2D eigenvalue weighted by molar-refractivity contribution is 7.14. The number of amides is 3. The quantitative estimate of drug-likeness (QED) is 0.763. The van der Waals surface area contributed by atoms with E-state index in [1.165, 1.54) is 29.7 Å². The van der Waals surface area contributed by atoms with E-state index >= 15 is 0 Å². The summed E-state index contributed by atoms with van der Waals surface area (Å²) in [6, 6.07) is 7.96. The standard InChI is InChI=1S/C21H27N5O2S/c1-15-6-9-25(10-7-15)13-16-2-4-17(5-3-16)23-19(27)12-18-14-29-21(24-18)26-11-8-22-20(26)28/h2-5,14-15H,6-13H2,1H3,(H,22,28)(H,23,27). The normalized spacial score (nSPS) is 18.1. The van der Waals surface area contributed by atoms with Crippen molar-refractivity contribution in [1.29, 1.82) is 0 Å². The van der Waals surface area contributed by atoms with Gasteiger partial charge in [-0.3, -0.25) is 14.6 Å². The van der Waals surface area contributed by atoms with Gasteiger partial charge in [-0.05, 0) is 49.5 Å². The number of hydrogen-bond acceptors (Lipinski definition) is 5. The lowest BCUT2D eigenvalue weighted by molar-refractivity contribution is -0.115. The molecule has 0 spiro atoms. The van der Waals surface area contributed by atoms with E-state index in [9.17, 15) is 9.59 Å². The van der Waals surface area contributed by atoms with Crippen LogP contribution < -0.4 is 15.5 Å². The number of thiazole rings is 1. The van der Waals surface area contributed by atoms with Crippen LogP contribution in [0.5, 0.6) is 0 Å². The molecule has 0 radical (unpaired) electrons. The molecule has 3 heterocycles. The molecule has 0 bridgehead atoms. The van der Waals surface area contributed by atoms with Crippen LogP contribution in [-0.4, -0.2) is 48.0 Å². The lowest BCUT2D eigenvalue weighted by Crippen LogP contribution is -2.32. The summed E-state index contributed by atoms with van der Waals surface area (Å²) in [7, 11) is 0. The summed E-state index contributed by atoms with van der Waals surface area (Å²) in [5.74, 6) is 0.732. The van der Waals surface area contributed by atoms with Gasteiger partial charge in [-0.1, -0.05) is 19.1 Å². The first kappa shape index (κ1) is 19.8. The van der Waals surface area contributed by atoms with E-state index in [1.807, 2.05) is 17.5 Å². The number of aromatic nitrogens is 1. The van der Waals surface area contributed by atoms with E-state index in [-0.39, 0.29) is 18.4 Å². The molecule has 8 heteroatoms. The van der Waals surface area contributed by atoms with Crippen LogP contribution in [0.1, 0.15) is 31.0 Å². The zero-order valence-electron chi connectivity index (χ0n) is 16.7. The summed E-state index contributed by atoms with van der Waals surface area (Å²) in [5.41, 5.74) is 2.74. The number of anilines is 2. The molecule has 0 atom stereocenters. The van der Waals surface area contributed by atoms with Crippen molar-refractivity contribution in [2.45, 2.75) is 32.7 Å². The van der Waals surface area contributed by atoms with Gasteiger partial charge in [-0.25, -0.2) is 9.78 Å². The molecule has 2 N–H and O–H groups in total. The van der Waals surface area contributed by atoms with Gasteiger partial charge in [0.2, 0.25) is 5.91 Å². The second-order valence-electron chi connectivity index (χ2n) is 7.89. The van der Waals surface area contributed by atoms with Crippen molar-refractivity contribution < 1.29 is 9.59 Å². The van der Waals surface area contributed by atoms with Crippen LogP contribution >= 0.6 is 11.3 Å². The average Bonchev–Trinajstić information content (AvgIpc) is 3.33. The number of urea groups is 1. The zero-order valence-corrected chi connectivity index (χ0v) is 17.5. The van der Waals surface area contributed by atoms with Gasteiger partial charge < -0.3 is 10.6 Å². The van der Waals surface area contributed by atoms with Crippen molar-refractivity contribution in [1.82, 2.24) is 15.2 Å². The topological polar surface area (TPSA) is 77.6 Å². The van der Waals surface area contributed by atoms with E-state index in [1.54, 1.807) is 4.90 Å². The number of benzene rings is 1. The van der Waals surface area contributed by atoms with Crippen LogP contribution in [0.25, 0.3) is 0 Å². The van der Waals surface area contributed by atoms with E-state index in [4.69, 9.17) is 0 Å². The summed E-state index contributed by atoms with van der Waals surface area (Å²) in [6.07, 6.45) is 2.74. The molecule has 0 aliphatic carbocycles. The Morgan fingerprint density at radius 2 is 2.00 bits per heavy atom. The Labute approximate surface area is 175 Å². The molecule has 2 aliphatic rings.